The number of carbonyl (C=O) groups is 1. The summed E-state index contributed by atoms with van der Waals surface area (Å²) in [7, 11) is 1.59. The van der Waals surface area contributed by atoms with Crippen molar-refractivity contribution in [1.29, 1.82) is 0 Å². The maximum Gasteiger partial charge on any atom is 0.336 e. The van der Waals surface area contributed by atoms with Crippen molar-refractivity contribution in [3.8, 4) is 5.75 Å². The summed E-state index contributed by atoms with van der Waals surface area (Å²) in [4.78, 5) is 11.1. The molecule has 0 amide bonds. The Kier molecular flexibility index (Phi) is 5.20. The van der Waals surface area contributed by atoms with Gasteiger partial charge in [-0.15, -0.1) is 0 Å². The van der Waals surface area contributed by atoms with E-state index >= 15 is 0 Å². The zero-order valence-corrected chi connectivity index (χ0v) is 12.4. The quantitative estimate of drug-likeness (QED) is 0.859. The summed E-state index contributed by atoms with van der Waals surface area (Å²) >= 11 is 6.16. The molecule has 0 atom stereocenters. The van der Waals surface area contributed by atoms with Crippen molar-refractivity contribution >= 4 is 17.6 Å². The molecule has 0 fully saturated rings. The highest BCUT2D eigenvalue weighted by Gasteiger charge is 2.10. The molecule has 21 heavy (non-hydrogen) atoms. The summed E-state index contributed by atoms with van der Waals surface area (Å²) in [5.74, 6) is -0.218. The predicted molar refractivity (Wildman–Crippen MR) is 81.9 cm³/mol. The van der Waals surface area contributed by atoms with Gasteiger partial charge in [-0.2, -0.15) is 0 Å². The number of ether oxygens (including phenoxy) is 1. The SMILES string of the molecule is COc1cccc(Cl)c1CNCc1ccccc1C(=O)O. The summed E-state index contributed by atoms with van der Waals surface area (Å²) in [6.07, 6.45) is 0. The maximum absolute atomic E-state index is 11.1. The number of carboxylic acids is 1. The Labute approximate surface area is 128 Å². The van der Waals surface area contributed by atoms with Crippen LogP contribution in [0.3, 0.4) is 0 Å². The minimum Gasteiger partial charge on any atom is -0.496 e. The molecular weight excluding hydrogens is 290 g/mol. The fraction of sp³-hybridized carbons (Fsp3) is 0.188. The van der Waals surface area contributed by atoms with Gasteiger partial charge in [0.2, 0.25) is 0 Å². The van der Waals surface area contributed by atoms with E-state index in [-0.39, 0.29) is 0 Å². The van der Waals surface area contributed by atoms with Gasteiger partial charge in [0.05, 0.1) is 12.7 Å². The molecule has 110 valence electrons. The van der Waals surface area contributed by atoms with Crippen LogP contribution in [-0.4, -0.2) is 18.2 Å². The van der Waals surface area contributed by atoms with E-state index in [0.717, 1.165) is 11.1 Å². The summed E-state index contributed by atoms with van der Waals surface area (Å²) in [6, 6.07) is 12.4. The van der Waals surface area contributed by atoms with E-state index in [0.29, 0.717) is 29.4 Å². The van der Waals surface area contributed by atoms with Gasteiger partial charge in [-0.3, -0.25) is 0 Å². The number of methoxy groups -OCH3 is 1. The minimum atomic E-state index is -0.928. The molecule has 2 N–H and O–H groups in total. The molecule has 2 aromatic rings. The molecule has 2 rings (SSSR count). The van der Waals surface area contributed by atoms with Crippen LogP contribution in [0.2, 0.25) is 5.02 Å². The van der Waals surface area contributed by atoms with Crippen molar-refractivity contribution < 1.29 is 14.6 Å². The van der Waals surface area contributed by atoms with Gasteiger partial charge in [0.25, 0.3) is 0 Å². The first-order valence-corrected chi connectivity index (χ1v) is 6.84. The van der Waals surface area contributed by atoms with Crippen molar-refractivity contribution in [3.63, 3.8) is 0 Å². The smallest absolute Gasteiger partial charge is 0.336 e. The average Bonchev–Trinajstić information content (AvgIpc) is 2.49. The largest absolute Gasteiger partial charge is 0.496 e. The van der Waals surface area contributed by atoms with Crippen LogP contribution in [0.15, 0.2) is 42.5 Å². The summed E-state index contributed by atoms with van der Waals surface area (Å²) in [6.45, 7) is 0.938. The van der Waals surface area contributed by atoms with Crippen LogP contribution in [0.4, 0.5) is 0 Å². The predicted octanol–water partition coefficient (Wildman–Crippen LogP) is 3.34. The summed E-state index contributed by atoms with van der Waals surface area (Å²) in [5, 5.41) is 13.0. The molecule has 0 aliphatic heterocycles. The van der Waals surface area contributed by atoms with E-state index in [2.05, 4.69) is 5.32 Å². The summed E-state index contributed by atoms with van der Waals surface area (Å²) in [5.41, 5.74) is 1.89. The monoisotopic (exact) mass is 305 g/mol. The van der Waals surface area contributed by atoms with Crippen molar-refractivity contribution in [2.75, 3.05) is 7.11 Å². The number of rotatable bonds is 6. The molecule has 0 aliphatic rings. The average molecular weight is 306 g/mol. The van der Waals surface area contributed by atoms with Gasteiger partial charge < -0.3 is 15.2 Å². The van der Waals surface area contributed by atoms with Gasteiger partial charge in [-0.05, 0) is 23.8 Å². The molecular formula is C16H16ClNO3. The van der Waals surface area contributed by atoms with Crippen molar-refractivity contribution in [3.05, 3.63) is 64.2 Å². The zero-order chi connectivity index (χ0) is 15.2. The Hall–Kier alpha value is -2.04. The lowest BCUT2D eigenvalue weighted by molar-refractivity contribution is 0.0695. The number of hydrogen-bond donors (Lipinski definition) is 2. The fourth-order valence-electron chi connectivity index (χ4n) is 2.11. The Morgan fingerprint density at radius 2 is 1.95 bits per heavy atom. The van der Waals surface area contributed by atoms with Crippen molar-refractivity contribution in [1.82, 2.24) is 5.32 Å². The molecule has 0 radical (unpaired) electrons. The molecule has 0 aliphatic carbocycles. The third-order valence-electron chi connectivity index (χ3n) is 3.16. The molecule has 5 heteroatoms. The van der Waals surface area contributed by atoms with E-state index in [1.54, 1.807) is 31.4 Å². The standard InChI is InChI=1S/C16H16ClNO3/c1-21-15-8-4-7-14(17)13(15)10-18-9-11-5-2-3-6-12(11)16(19)20/h2-8,18H,9-10H2,1H3,(H,19,20). The highest BCUT2D eigenvalue weighted by molar-refractivity contribution is 6.31. The molecule has 4 nitrogen and oxygen atoms in total. The lowest BCUT2D eigenvalue weighted by Gasteiger charge is -2.12. The van der Waals surface area contributed by atoms with Crippen molar-refractivity contribution in [2.24, 2.45) is 0 Å². The Bertz CT molecular complexity index is 643. The lowest BCUT2D eigenvalue weighted by Crippen LogP contribution is -2.16. The fourth-order valence-corrected chi connectivity index (χ4v) is 2.34. The lowest BCUT2D eigenvalue weighted by atomic mass is 10.1. The second-order valence-corrected chi connectivity index (χ2v) is 4.89. The molecule has 0 spiro atoms. The van der Waals surface area contributed by atoms with Gasteiger partial charge >= 0.3 is 5.97 Å². The van der Waals surface area contributed by atoms with E-state index in [1.807, 2.05) is 18.2 Å². The van der Waals surface area contributed by atoms with Crippen LogP contribution in [-0.2, 0) is 13.1 Å². The first-order valence-electron chi connectivity index (χ1n) is 6.46. The number of halogens is 1. The van der Waals surface area contributed by atoms with Gasteiger partial charge in [-0.1, -0.05) is 35.9 Å². The highest BCUT2D eigenvalue weighted by atomic mass is 35.5. The van der Waals surface area contributed by atoms with Gasteiger partial charge in [-0.25, -0.2) is 4.79 Å². The zero-order valence-electron chi connectivity index (χ0n) is 11.6. The van der Waals surface area contributed by atoms with Crippen LogP contribution in [0.5, 0.6) is 5.75 Å². The topological polar surface area (TPSA) is 58.6 Å². The first kappa shape index (κ1) is 15.4. The first-order chi connectivity index (χ1) is 10.1. The number of benzene rings is 2. The Balaban J connectivity index is 2.07. The second-order valence-electron chi connectivity index (χ2n) is 4.49. The molecule has 0 aromatic heterocycles. The van der Waals surface area contributed by atoms with Crippen LogP contribution < -0.4 is 10.1 Å². The number of carboxylic acid groups (broad SMARTS) is 1. The van der Waals surface area contributed by atoms with Crippen LogP contribution in [0.25, 0.3) is 0 Å². The molecule has 0 unspecified atom stereocenters. The van der Waals surface area contributed by atoms with E-state index in [9.17, 15) is 4.79 Å². The third kappa shape index (κ3) is 3.74. The van der Waals surface area contributed by atoms with E-state index in [1.165, 1.54) is 0 Å². The van der Waals surface area contributed by atoms with Crippen LogP contribution >= 0.6 is 11.6 Å². The van der Waals surface area contributed by atoms with Crippen LogP contribution in [0.1, 0.15) is 21.5 Å². The third-order valence-corrected chi connectivity index (χ3v) is 3.51. The molecule has 0 bridgehead atoms. The second kappa shape index (κ2) is 7.11. The van der Waals surface area contributed by atoms with Gasteiger partial charge in [0.1, 0.15) is 5.75 Å². The number of hydrogen-bond acceptors (Lipinski definition) is 3. The van der Waals surface area contributed by atoms with Gasteiger partial charge in [0.15, 0.2) is 0 Å². The Morgan fingerprint density at radius 3 is 2.67 bits per heavy atom. The van der Waals surface area contributed by atoms with E-state index in [4.69, 9.17) is 21.4 Å². The van der Waals surface area contributed by atoms with E-state index < -0.39 is 5.97 Å². The maximum atomic E-state index is 11.1. The minimum absolute atomic E-state index is 0.302. The van der Waals surface area contributed by atoms with Gasteiger partial charge in [0, 0.05) is 23.7 Å². The molecule has 0 saturated carbocycles. The number of nitrogens with one attached hydrogen (secondary N) is 1. The molecule has 2 aromatic carbocycles. The molecule has 0 heterocycles. The highest BCUT2D eigenvalue weighted by Crippen LogP contribution is 2.26. The Morgan fingerprint density at radius 1 is 1.19 bits per heavy atom. The van der Waals surface area contributed by atoms with Crippen LogP contribution in [0, 0.1) is 0 Å². The summed E-state index contributed by atoms with van der Waals surface area (Å²) < 4.78 is 5.27. The molecule has 0 saturated heterocycles. The number of aromatic carboxylic acids is 1. The normalized spacial score (nSPS) is 10.4. The van der Waals surface area contributed by atoms with Crippen molar-refractivity contribution in [2.45, 2.75) is 13.1 Å².